The minimum atomic E-state index is -1.04. The molecule has 18 heavy (non-hydrogen) atoms. The zero-order valence-corrected chi connectivity index (χ0v) is 9.33. The smallest absolute Gasteiger partial charge is 0.328 e. The molecule has 1 aromatic heterocycles. The third-order valence-electron chi connectivity index (χ3n) is 2.33. The third kappa shape index (κ3) is 2.47. The molecule has 1 aromatic carbocycles. The monoisotopic (exact) mass is 239 g/mol. The summed E-state index contributed by atoms with van der Waals surface area (Å²) in [5.41, 5.74) is 1.20. The number of carboxylic acids is 1. The van der Waals surface area contributed by atoms with Crippen LogP contribution in [0.4, 0.5) is 0 Å². The van der Waals surface area contributed by atoms with Gasteiger partial charge in [0, 0.05) is 11.6 Å². The minimum Gasteiger partial charge on any atom is -0.478 e. The maximum Gasteiger partial charge on any atom is 0.328 e. The van der Waals surface area contributed by atoms with Crippen LogP contribution in [0.5, 0.6) is 0 Å². The van der Waals surface area contributed by atoms with E-state index in [9.17, 15) is 4.79 Å². The van der Waals surface area contributed by atoms with E-state index in [0.29, 0.717) is 22.6 Å². The van der Waals surface area contributed by atoms with Crippen LogP contribution in [0.3, 0.4) is 0 Å². The standard InChI is InChI=1S/C14H9NO3/c15-9-10-3-1-2-4-12(10)13-7-5-11(18-13)6-8-14(16)17/h1-8H,(H,16,17)/b8-6+. The number of hydrogen-bond donors (Lipinski definition) is 1. The van der Waals surface area contributed by atoms with E-state index in [1.807, 2.05) is 6.07 Å². The molecule has 0 spiro atoms. The molecule has 0 bridgehead atoms. The van der Waals surface area contributed by atoms with Gasteiger partial charge in [-0.15, -0.1) is 0 Å². The van der Waals surface area contributed by atoms with Gasteiger partial charge in [0.25, 0.3) is 0 Å². The Balaban J connectivity index is 2.36. The molecule has 0 atom stereocenters. The summed E-state index contributed by atoms with van der Waals surface area (Å²) in [7, 11) is 0. The molecule has 2 rings (SSSR count). The van der Waals surface area contributed by atoms with E-state index >= 15 is 0 Å². The Morgan fingerprint density at radius 1 is 1.28 bits per heavy atom. The number of furan rings is 1. The highest BCUT2D eigenvalue weighted by Gasteiger charge is 2.07. The van der Waals surface area contributed by atoms with Gasteiger partial charge >= 0.3 is 5.97 Å². The van der Waals surface area contributed by atoms with Gasteiger partial charge in [0.1, 0.15) is 11.5 Å². The Labute approximate surface area is 103 Å². The molecule has 0 fully saturated rings. The zero-order valence-electron chi connectivity index (χ0n) is 9.33. The molecular weight excluding hydrogens is 230 g/mol. The summed E-state index contributed by atoms with van der Waals surface area (Å²) in [5.74, 6) is -0.0669. The largest absolute Gasteiger partial charge is 0.478 e. The fourth-order valence-corrected chi connectivity index (χ4v) is 1.54. The molecule has 4 heteroatoms. The van der Waals surface area contributed by atoms with Gasteiger partial charge in [0.05, 0.1) is 11.6 Å². The summed E-state index contributed by atoms with van der Waals surface area (Å²) in [4.78, 5) is 10.4. The fraction of sp³-hybridized carbons (Fsp3) is 0. The zero-order chi connectivity index (χ0) is 13.0. The van der Waals surface area contributed by atoms with Crippen LogP contribution in [0.25, 0.3) is 17.4 Å². The van der Waals surface area contributed by atoms with Gasteiger partial charge in [-0.2, -0.15) is 5.26 Å². The Morgan fingerprint density at radius 3 is 2.78 bits per heavy atom. The number of aliphatic carboxylic acids is 1. The van der Waals surface area contributed by atoms with E-state index in [4.69, 9.17) is 14.8 Å². The summed E-state index contributed by atoms with van der Waals surface area (Å²) >= 11 is 0. The normalized spacial score (nSPS) is 10.4. The molecule has 0 unspecified atom stereocenters. The Morgan fingerprint density at radius 2 is 2.06 bits per heavy atom. The van der Waals surface area contributed by atoms with Gasteiger partial charge in [-0.3, -0.25) is 0 Å². The molecular formula is C14H9NO3. The first-order chi connectivity index (χ1) is 8.70. The molecule has 1 N–H and O–H groups in total. The summed E-state index contributed by atoms with van der Waals surface area (Å²) < 4.78 is 5.46. The lowest BCUT2D eigenvalue weighted by Crippen LogP contribution is -1.84. The van der Waals surface area contributed by atoms with Crippen molar-refractivity contribution in [1.29, 1.82) is 5.26 Å². The first-order valence-corrected chi connectivity index (χ1v) is 5.21. The van der Waals surface area contributed by atoms with Gasteiger partial charge in [-0.25, -0.2) is 4.79 Å². The van der Waals surface area contributed by atoms with Crippen LogP contribution in [0.15, 0.2) is 46.9 Å². The lowest BCUT2D eigenvalue weighted by molar-refractivity contribution is -0.131. The van der Waals surface area contributed by atoms with Crippen molar-refractivity contribution in [2.75, 3.05) is 0 Å². The average Bonchev–Trinajstić information content (AvgIpc) is 2.85. The van der Waals surface area contributed by atoms with Gasteiger partial charge in [-0.05, 0) is 30.3 Å². The number of nitrogens with zero attached hydrogens (tertiary/aromatic N) is 1. The van der Waals surface area contributed by atoms with Crippen molar-refractivity contribution in [3.05, 3.63) is 53.8 Å². The van der Waals surface area contributed by atoms with Gasteiger partial charge in [0.15, 0.2) is 0 Å². The second-order valence-electron chi connectivity index (χ2n) is 3.53. The Kier molecular flexibility index (Phi) is 3.26. The van der Waals surface area contributed by atoms with E-state index in [0.717, 1.165) is 6.08 Å². The van der Waals surface area contributed by atoms with Crippen LogP contribution in [0, 0.1) is 11.3 Å². The number of hydrogen-bond acceptors (Lipinski definition) is 3. The quantitative estimate of drug-likeness (QED) is 0.835. The number of rotatable bonds is 3. The highest BCUT2D eigenvalue weighted by atomic mass is 16.4. The fourth-order valence-electron chi connectivity index (χ4n) is 1.54. The topological polar surface area (TPSA) is 74.2 Å². The average molecular weight is 239 g/mol. The summed E-state index contributed by atoms with van der Waals surface area (Å²) in [6.07, 6.45) is 2.36. The van der Waals surface area contributed by atoms with Crippen LogP contribution in [-0.4, -0.2) is 11.1 Å². The second kappa shape index (κ2) is 5.02. The molecule has 0 aliphatic rings. The van der Waals surface area contributed by atoms with Crippen LogP contribution >= 0.6 is 0 Å². The molecule has 0 saturated carbocycles. The van der Waals surface area contributed by atoms with E-state index in [-0.39, 0.29) is 0 Å². The minimum absolute atomic E-state index is 0.431. The van der Waals surface area contributed by atoms with Crippen molar-refractivity contribution in [2.45, 2.75) is 0 Å². The molecule has 0 aliphatic carbocycles. The first kappa shape index (κ1) is 11.7. The van der Waals surface area contributed by atoms with E-state index in [1.165, 1.54) is 6.08 Å². The second-order valence-corrected chi connectivity index (χ2v) is 3.53. The molecule has 4 nitrogen and oxygen atoms in total. The molecule has 0 radical (unpaired) electrons. The SMILES string of the molecule is N#Cc1ccccc1-c1ccc(/C=C/C(=O)O)o1. The number of benzene rings is 1. The van der Waals surface area contributed by atoms with E-state index < -0.39 is 5.97 Å². The van der Waals surface area contributed by atoms with Crippen molar-refractivity contribution in [3.63, 3.8) is 0 Å². The van der Waals surface area contributed by atoms with Crippen molar-refractivity contribution < 1.29 is 14.3 Å². The van der Waals surface area contributed by atoms with E-state index in [1.54, 1.807) is 30.3 Å². The van der Waals surface area contributed by atoms with Gasteiger partial charge in [-0.1, -0.05) is 12.1 Å². The predicted octanol–water partition coefficient (Wildman–Crippen LogP) is 2.92. The van der Waals surface area contributed by atoms with Crippen LogP contribution < -0.4 is 0 Å². The van der Waals surface area contributed by atoms with Gasteiger partial charge in [0.2, 0.25) is 0 Å². The maximum atomic E-state index is 10.4. The van der Waals surface area contributed by atoms with Gasteiger partial charge < -0.3 is 9.52 Å². The lowest BCUT2D eigenvalue weighted by atomic mass is 10.1. The van der Waals surface area contributed by atoms with Crippen molar-refractivity contribution in [1.82, 2.24) is 0 Å². The summed E-state index contributed by atoms with van der Waals surface area (Å²) in [6.45, 7) is 0. The lowest BCUT2D eigenvalue weighted by Gasteiger charge is -1.98. The number of nitriles is 1. The van der Waals surface area contributed by atoms with Crippen LogP contribution in [0.2, 0.25) is 0 Å². The number of carbonyl (C=O) groups is 1. The maximum absolute atomic E-state index is 10.4. The van der Waals surface area contributed by atoms with Crippen LogP contribution in [0.1, 0.15) is 11.3 Å². The summed E-state index contributed by atoms with van der Waals surface area (Å²) in [5, 5.41) is 17.5. The first-order valence-electron chi connectivity index (χ1n) is 5.21. The molecule has 0 amide bonds. The number of carboxylic acid groups (broad SMARTS) is 1. The molecule has 2 aromatic rings. The Hall–Kier alpha value is -2.80. The predicted molar refractivity (Wildman–Crippen MR) is 65.5 cm³/mol. The van der Waals surface area contributed by atoms with Crippen LogP contribution in [-0.2, 0) is 4.79 Å². The third-order valence-corrected chi connectivity index (χ3v) is 2.33. The van der Waals surface area contributed by atoms with Crippen molar-refractivity contribution in [2.24, 2.45) is 0 Å². The van der Waals surface area contributed by atoms with E-state index in [2.05, 4.69) is 6.07 Å². The van der Waals surface area contributed by atoms with Crippen molar-refractivity contribution >= 4 is 12.0 Å². The molecule has 1 heterocycles. The summed E-state index contributed by atoms with van der Waals surface area (Å²) in [6, 6.07) is 12.5. The highest BCUT2D eigenvalue weighted by molar-refractivity contribution is 5.84. The van der Waals surface area contributed by atoms with Crippen molar-refractivity contribution in [3.8, 4) is 17.4 Å². The molecule has 0 saturated heterocycles. The molecule has 0 aliphatic heterocycles. The molecule has 88 valence electrons. The highest BCUT2D eigenvalue weighted by Crippen LogP contribution is 2.25. The Bertz CT molecular complexity index is 647.